The Morgan fingerprint density at radius 3 is 2.79 bits per heavy atom. The number of ether oxygens (including phenoxy) is 1. The van der Waals surface area contributed by atoms with Gasteiger partial charge in [-0.15, -0.1) is 0 Å². The fourth-order valence-electron chi connectivity index (χ4n) is 4.73. The quantitative estimate of drug-likeness (QED) is 0.861. The lowest BCUT2D eigenvalue weighted by atomic mass is 9.82. The average Bonchev–Trinajstić information content (AvgIpc) is 3.11. The van der Waals surface area contributed by atoms with Crippen molar-refractivity contribution in [2.45, 2.75) is 57.0 Å². The van der Waals surface area contributed by atoms with Crippen LogP contribution in [0.3, 0.4) is 0 Å². The van der Waals surface area contributed by atoms with Gasteiger partial charge in [-0.05, 0) is 56.2 Å². The molecule has 0 unspecified atom stereocenters. The SMILES string of the molecule is Cc1cc(C2CCC2)oc(=O)c1C(=O)N1CCC2(CC1)OCCc1cn[nH]c12. The Bertz CT molecular complexity index is 964. The van der Waals surface area contributed by atoms with Gasteiger partial charge in [-0.2, -0.15) is 5.10 Å². The Kier molecular flexibility index (Phi) is 4.16. The van der Waals surface area contributed by atoms with Gasteiger partial charge in [-0.25, -0.2) is 4.79 Å². The van der Waals surface area contributed by atoms with Gasteiger partial charge in [-0.3, -0.25) is 9.89 Å². The maximum absolute atomic E-state index is 13.1. The van der Waals surface area contributed by atoms with Gasteiger partial charge in [-0.1, -0.05) is 6.42 Å². The van der Waals surface area contributed by atoms with Crippen molar-refractivity contribution in [3.05, 3.63) is 50.8 Å². The minimum absolute atomic E-state index is 0.172. The van der Waals surface area contributed by atoms with Crippen molar-refractivity contribution in [1.29, 1.82) is 0 Å². The van der Waals surface area contributed by atoms with Gasteiger partial charge >= 0.3 is 5.63 Å². The molecule has 0 bridgehead atoms. The van der Waals surface area contributed by atoms with Crippen molar-refractivity contribution in [3.8, 4) is 0 Å². The third kappa shape index (κ3) is 2.71. The summed E-state index contributed by atoms with van der Waals surface area (Å²) in [6, 6.07) is 1.88. The third-order valence-electron chi connectivity index (χ3n) is 6.67. The molecular weight excluding hydrogens is 358 g/mol. The molecule has 0 aromatic carbocycles. The van der Waals surface area contributed by atoms with Crippen LogP contribution in [0.5, 0.6) is 0 Å². The maximum atomic E-state index is 13.1. The smallest absolute Gasteiger partial charge is 0.349 e. The fourth-order valence-corrected chi connectivity index (χ4v) is 4.73. The minimum atomic E-state index is -0.503. The highest BCUT2D eigenvalue weighted by atomic mass is 16.5. The molecule has 7 nitrogen and oxygen atoms in total. The Balaban J connectivity index is 1.35. The molecule has 1 amide bonds. The van der Waals surface area contributed by atoms with Crippen molar-refractivity contribution >= 4 is 5.91 Å². The van der Waals surface area contributed by atoms with Crippen LogP contribution in [-0.2, 0) is 16.8 Å². The van der Waals surface area contributed by atoms with Gasteiger partial charge in [0.25, 0.3) is 5.91 Å². The van der Waals surface area contributed by atoms with Gasteiger partial charge in [0, 0.05) is 19.0 Å². The summed E-state index contributed by atoms with van der Waals surface area (Å²) in [4.78, 5) is 27.4. The van der Waals surface area contributed by atoms with Crippen LogP contribution in [0.1, 0.15) is 71.0 Å². The van der Waals surface area contributed by atoms with Crippen LogP contribution >= 0.6 is 0 Å². The summed E-state index contributed by atoms with van der Waals surface area (Å²) in [5.41, 5.74) is 2.24. The molecule has 28 heavy (non-hydrogen) atoms. The highest BCUT2D eigenvalue weighted by Gasteiger charge is 2.43. The number of piperidine rings is 1. The Hall–Kier alpha value is -2.41. The first-order valence-electron chi connectivity index (χ1n) is 10.2. The van der Waals surface area contributed by atoms with E-state index >= 15 is 0 Å². The van der Waals surface area contributed by atoms with Gasteiger partial charge in [0.1, 0.15) is 16.9 Å². The number of aromatic amines is 1. The summed E-state index contributed by atoms with van der Waals surface area (Å²) >= 11 is 0. The molecule has 1 saturated carbocycles. The average molecular weight is 383 g/mol. The van der Waals surface area contributed by atoms with Gasteiger partial charge in [0.2, 0.25) is 0 Å². The Morgan fingerprint density at radius 2 is 2.11 bits per heavy atom. The number of carbonyl (C=O) groups excluding carboxylic acids is 1. The third-order valence-corrected chi connectivity index (χ3v) is 6.67. The van der Waals surface area contributed by atoms with Gasteiger partial charge in [0.05, 0.1) is 18.5 Å². The van der Waals surface area contributed by atoms with E-state index in [0.29, 0.717) is 44.0 Å². The van der Waals surface area contributed by atoms with Crippen molar-refractivity contribution in [2.75, 3.05) is 19.7 Å². The first-order chi connectivity index (χ1) is 13.6. The lowest BCUT2D eigenvalue weighted by Gasteiger charge is -2.43. The van der Waals surface area contributed by atoms with Crippen molar-refractivity contribution in [3.63, 3.8) is 0 Å². The van der Waals surface area contributed by atoms with E-state index in [9.17, 15) is 9.59 Å². The zero-order valence-corrected chi connectivity index (χ0v) is 16.1. The summed E-state index contributed by atoms with van der Waals surface area (Å²) in [6.07, 6.45) is 7.40. The maximum Gasteiger partial charge on any atom is 0.349 e. The molecule has 5 rings (SSSR count). The Labute approximate surface area is 163 Å². The second kappa shape index (κ2) is 6.58. The molecule has 1 N–H and O–H groups in total. The summed E-state index contributed by atoms with van der Waals surface area (Å²) in [5.74, 6) is 0.824. The van der Waals surface area contributed by atoms with Crippen LogP contribution in [0.2, 0.25) is 0 Å². The molecule has 2 aliphatic heterocycles. The number of aromatic nitrogens is 2. The summed E-state index contributed by atoms with van der Waals surface area (Å²) < 4.78 is 11.7. The molecular formula is C21H25N3O4. The molecule has 3 aliphatic rings. The lowest BCUT2D eigenvalue weighted by molar-refractivity contribution is -0.0962. The predicted octanol–water partition coefficient (Wildman–Crippen LogP) is 2.64. The molecule has 0 radical (unpaired) electrons. The molecule has 1 spiro atoms. The predicted molar refractivity (Wildman–Crippen MR) is 101 cm³/mol. The molecule has 1 aliphatic carbocycles. The number of likely N-dealkylation sites (tertiary alicyclic amines) is 1. The number of H-pyrrole nitrogens is 1. The van der Waals surface area contributed by atoms with Crippen LogP contribution in [0.4, 0.5) is 0 Å². The number of carbonyl (C=O) groups is 1. The van der Waals surface area contributed by atoms with Gasteiger partial charge < -0.3 is 14.1 Å². The molecule has 2 aromatic heterocycles. The van der Waals surface area contributed by atoms with E-state index in [1.807, 2.05) is 19.2 Å². The molecule has 1 saturated heterocycles. The molecule has 4 heterocycles. The van der Waals surface area contributed by atoms with E-state index in [1.165, 1.54) is 12.0 Å². The van der Waals surface area contributed by atoms with E-state index in [2.05, 4.69) is 10.2 Å². The van der Waals surface area contributed by atoms with E-state index in [4.69, 9.17) is 9.15 Å². The number of hydrogen-bond acceptors (Lipinski definition) is 5. The Morgan fingerprint density at radius 1 is 1.32 bits per heavy atom. The summed E-state index contributed by atoms with van der Waals surface area (Å²) in [7, 11) is 0. The number of fused-ring (bicyclic) bond motifs is 2. The molecule has 2 aromatic rings. The monoisotopic (exact) mass is 383 g/mol. The zero-order chi connectivity index (χ0) is 19.3. The number of amides is 1. The van der Waals surface area contributed by atoms with Crippen molar-refractivity contribution in [2.24, 2.45) is 0 Å². The second-order valence-corrected chi connectivity index (χ2v) is 8.28. The zero-order valence-electron chi connectivity index (χ0n) is 16.1. The number of rotatable bonds is 2. The van der Waals surface area contributed by atoms with Crippen LogP contribution in [0.15, 0.2) is 21.5 Å². The highest BCUT2D eigenvalue weighted by molar-refractivity contribution is 5.95. The summed E-state index contributed by atoms with van der Waals surface area (Å²) in [5, 5.41) is 7.27. The first-order valence-corrected chi connectivity index (χ1v) is 10.2. The van der Waals surface area contributed by atoms with E-state index in [0.717, 1.165) is 30.7 Å². The standard InChI is InChI=1S/C21H25N3O4/c1-13-11-16(14-3-2-4-14)28-20(26)17(13)19(25)24-8-6-21(7-9-24)18-15(5-10-27-21)12-22-23-18/h11-12,14H,2-10H2,1H3,(H,22,23). The molecule has 7 heteroatoms. The van der Waals surface area contributed by atoms with E-state index in [-0.39, 0.29) is 11.5 Å². The van der Waals surface area contributed by atoms with E-state index in [1.54, 1.807) is 4.90 Å². The number of nitrogens with zero attached hydrogens (tertiary/aromatic N) is 2. The fraction of sp³-hybridized carbons (Fsp3) is 0.571. The number of aryl methyl sites for hydroxylation is 1. The molecule has 148 valence electrons. The van der Waals surface area contributed by atoms with E-state index < -0.39 is 11.2 Å². The van der Waals surface area contributed by atoms with Crippen molar-refractivity contribution < 1.29 is 13.9 Å². The minimum Gasteiger partial charge on any atom is -0.427 e. The normalized spacial score (nSPS) is 21.4. The van der Waals surface area contributed by atoms with Crippen LogP contribution in [0.25, 0.3) is 0 Å². The van der Waals surface area contributed by atoms with Crippen LogP contribution < -0.4 is 5.63 Å². The van der Waals surface area contributed by atoms with Crippen molar-refractivity contribution in [1.82, 2.24) is 15.1 Å². The number of nitrogens with one attached hydrogen (secondary N) is 1. The lowest BCUT2D eigenvalue weighted by Crippen LogP contribution is -2.49. The number of hydrogen-bond donors (Lipinski definition) is 1. The topological polar surface area (TPSA) is 88.4 Å². The largest absolute Gasteiger partial charge is 0.427 e. The molecule has 2 fully saturated rings. The highest BCUT2D eigenvalue weighted by Crippen LogP contribution is 2.40. The van der Waals surface area contributed by atoms with Crippen LogP contribution in [-0.4, -0.2) is 40.7 Å². The van der Waals surface area contributed by atoms with Gasteiger partial charge in [0.15, 0.2) is 0 Å². The second-order valence-electron chi connectivity index (χ2n) is 8.28. The molecule has 0 atom stereocenters. The summed E-state index contributed by atoms with van der Waals surface area (Å²) in [6.45, 7) is 3.59. The first kappa shape index (κ1) is 17.7. The van der Waals surface area contributed by atoms with Crippen LogP contribution in [0, 0.1) is 6.92 Å².